The fourth-order valence-electron chi connectivity index (χ4n) is 1.67. The number of nitrogens with zero attached hydrogens (tertiary/aromatic N) is 2. The molecule has 1 aromatic carbocycles. The van der Waals surface area contributed by atoms with Crippen molar-refractivity contribution < 1.29 is 14.6 Å². The number of hydrogen-bond donors (Lipinski definition) is 1. The van der Waals surface area contributed by atoms with E-state index in [9.17, 15) is 9.90 Å². The van der Waals surface area contributed by atoms with E-state index in [1.54, 1.807) is 35.3 Å². The zero-order valence-corrected chi connectivity index (χ0v) is 11.9. The molecule has 0 unspecified atom stereocenters. The van der Waals surface area contributed by atoms with Crippen LogP contribution in [0.4, 0.5) is 0 Å². The van der Waals surface area contributed by atoms with Crippen LogP contribution >= 0.6 is 15.9 Å². The first-order chi connectivity index (χ1) is 9.11. The lowest BCUT2D eigenvalue weighted by atomic mass is 10.2. The number of carbonyl (C=O) groups is 1. The molecule has 0 spiro atoms. The predicted octanol–water partition coefficient (Wildman–Crippen LogP) is 3.55. The van der Waals surface area contributed by atoms with E-state index in [0.29, 0.717) is 10.2 Å². The van der Waals surface area contributed by atoms with E-state index in [2.05, 4.69) is 28.0 Å². The Kier molecular flexibility index (Phi) is 4.21. The number of carboxylic acid groups (broad SMARTS) is 1. The lowest BCUT2D eigenvalue weighted by molar-refractivity contribution is 0.0693. The third kappa shape index (κ3) is 3.14. The molecule has 0 bridgehead atoms. The van der Waals surface area contributed by atoms with Gasteiger partial charge in [0.05, 0.1) is 12.4 Å². The van der Waals surface area contributed by atoms with Crippen molar-refractivity contribution in [2.45, 2.75) is 19.9 Å². The van der Waals surface area contributed by atoms with Gasteiger partial charge >= 0.3 is 5.97 Å². The predicted molar refractivity (Wildman–Crippen MR) is 73.7 cm³/mol. The third-order valence-corrected chi connectivity index (χ3v) is 3.14. The fourth-order valence-corrected chi connectivity index (χ4v) is 2.19. The number of benzene rings is 1. The van der Waals surface area contributed by atoms with Crippen LogP contribution in [0.2, 0.25) is 0 Å². The Labute approximate surface area is 118 Å². The van der Waals surface area contributed by atoms with Crippen molar-refractivity contribution in [1.82, 2.24) is 9.78 Å². The molecule has 1 N–H and O–H groups in total. The Morgan fingerprint density at radius 3 is 3.00 bits per heavy atom. The molecule has 0 aliphatic heterocycles. The monoisotopic (exact) mass is 324 g/mol. The first-order valence-electron chi connectivity index (χ1n) is 5.84. The zero-order chi connectivity index (χ0) is 13.8. The van der Waals surface area contributed by atoms with Gasteiger partial charge in [-0.15, -0.1) is 0 Å². The van der Waals surface area contributed by atoms with E-state index in [4.69, 9.17) is 4.74 Å². The summed E-state index contributed by atoms with van der Waals surface area (Å²) in [6.07, 6.45) is 4.29. The lowest BCUT2D eigenvalue weighted by Gasteiger charge is -2.07. The largest absolute Gasteiger partial charge is 0.478 e. The summed E-state index contributed by atoms with van der Waals surface area (Å²) >= 11 is 3.21. The van der Waals surface area contributed by atoms with Crippen LogP contribution in [0.25, 0.3) is 0 Å². The van der Waals surface area contributed by atoms with Gasteiger partial charge in [0.15, 0.2) is 5.75 Å². The summed E-state index contributed by atoms with van der Waals surface area (Å²) in [4.78, 5) is 11.2. The second-order valence-corrected chi connectivity index (χ2v) is 4.81. The van der Waals surface area contributed by atoms with Crippen LogP contribution in [0.15, 0.2) is 35.1 Å². The minimum Gasteiger partial charge on any atom is -0.478 e. The number of aryl methyl sites for hydroxylation is 1. The van der Waals surface area contributed by atoms with E-state index in [-0.39, 0.29) is 11.3 Å². The van der Waals surface area contributed by atoms with Crippen LogP contribution in [0.5, 0.6) is 11.5 Å². The van der Waals surface area contributed by atoms with Gasteiger partial charge in [0.25, 0.3) is 0 Å². The van der Waals surface area contributed by atoms with E-state index < -0.39 is 5.97 Å². The number of aromatic nitrogens is 2. The first-order valence-corrected chi connectivity index (χ1v) is 6.63. The second-order valence-electron chi connectivity index (χ2n) is 3.96. The van der Waals surface area contributed by atoms with Crippen molar-refractivity contribution >= 4 is 21.9 Å². The molecule has 1 heterocycles. The van der Waals surface area contributed by atoms with Crippen LogP contribution < -0.4 is 4.74 Å². The van der Waals surface area contributed by atoms with E-state index in [0.717, 1.165) is 13.0 Å². The number of ether oxygens (including phenoxy) is 1. The van der Waals surface area contributed by atoms with Gasteiger partial charge in [-0.25, -0.2) is 4.79 Å². The molecule has 5 nitrogen and oxygen atoms in total. The number of aromatic carboxylic acids is 1. The molecule has 2 rings (SSSR count). The highest BCUT2D eigenvalue weighted by Gasteiger charge is 2.16. The Morgan fingerprint density at radius 1 is 1.53 bits per heavy atom. The minimum absolute atomic E-state index is 0.103. The molecule has 0 saturated heterocycles. The number of carboxylic acids is 1. The molecule has 0 aliphatic carbocycles. The second kappa shape index (κ2) is 5.88. The Hall–Kier alpha value is -1.82. The summed E-state index contributed by atoms with van der Waals surface area (Å²) < 4.78 is 7.83. The van der Waals surface area contributed by atoms with Gasteiger partial charge in [0, 0.05) is 11.0 Å². The third-order valence-electron chi connectivity index (χ3n) is 2.48. The molecule has 0 amide bonds. The molecule has 0 saturated carbocycles. The van der Waals surface area contributed by atoms with Crippen molar-refractivity contribution in [3.8, 4) is 11.5 Å². The molecule has 0 radical (unpaired) electrons. The summed E-state index contributed by atoms with van der Waals surface area (Å²) in [5.41, 5.74) is 0.103. The van der Waals surface area contributed by atoms with Crippen molar-refractivity contribution in [2.75, 3.05) is 0 Å². The Bertz CT molecular complexity index is 595. The van der Waals surface area contributed by atoms with E-state index >= 15 is 0 Å². The summed E-state index contributed by atoms with van der Waals surface area (Å²) in [7, 11) is 0. The highest BCUT2D eigenvalue weighted by atomic mass is 79.9. The first kappa shape index (κ1) is 13.6. The van der Waals surface area contributed by atoms with Crippen molar-refractivity contribution in [3.05, 3.63) is 40.6 Å². The molecule has 0 aliphatic rings. The maximum atomic E-state index is 11.2. The van der Waals surface area contributed by atoms with Gasteiger partial charge in [-0.05, 0) is 34.5 Å². The van der Waals surface area contributed by atoms with Crippen LogP contribution in [0.1, 0.15) is 23.7 Å². The number of hydrogen-bond acceptors (Lipinski definition) is 3. The Morgan fingerprint density at radius 2 is 2.32 bits per heavy atom. The van der Waals surface area contributed by atoms with Crippen LogP contribution in [0.3, 0.4) is 0 Å². The van der Waals surface area contributed by atoms with Crippen LogP contribution in [-0.2, 0) is 6.54 Å². The van der Waals surface area contributed by atoms with Gasteiger partial charge in [-0.1, -0.05) is 13.0 Å². The number of halogens is 1. The standard InChI is InChI=1S/C13H13BrN2O3/c1-2-6-16-8-9(7-15-16)19-11-5-3-4-10(14)12(11)13(17)18/h3-5,7-8H,2,6H2,1H3,(H,17,18). The van der Waals surface area contributed by atoms with Gasteiger partial charge in [0.2, 0.25) is 0 Å². The van der Waals surface area contributed by atoms with Crippen LogP contribution in [-0.4, -0.2) is 20.9 Å². The molecular formula is C13H13BrN2O3. The number of rotatable bonds is 5. The van der Waals surface area contributed by atoms with Gasteiger partial charge in [0.1, 0.15) is 11.3 Å². The summed E-state index contributed by atoms with van der Waals surface area (Å²) in [5.74, 6) is -0.226. The van der Waals surface area contributed by atoms with Gasteiger partial charge in [-0.2, -0.15) is 5.10 Å². The molecule has 19 heavy (non-hydrogen) atoms. The minimum atomic E-state index is -1.04. The highest BCUT2D eigenvalue weighted by molar-refractivity contribution is 9.10. The molecule has 6 heteroatoms. The highest BCUT2D eigenvalue weighted by Crippen LogP contribution is 2.30. The molecular weight excluding hydrogens is 312 g/mol. The van der Waals surface area contributed by atoms with Gasteiger partial charge < -0.3 is 9.84 Å². The quantitative estimate of drug-likeness (QED) is 0.913. The molecule has 2 aromatic rings. The fraction of sp³-hybridized carbons (Fsp3) is 0.231. The maximum absolute atomic E-state index is 11.2. The Balaban J connectivity index is 2.27. The zero-order valence-electron chi connectivity index (χ0n) is 10.3. The SMILES string of the molecule is CCCn1cc(Oc2cccc(Br)c2C(=O)O)cn1. The maximum Gasteiger partial charge on any atom is 0.340 e. The van der Waals surface area contributed by atoms with Crippen molar-refractivity contribution in [3.63, 3.8) is 0 Å². The average Bonchev–Trinajstić information content (AvgIpc) is 2.76. The average molecular weight is 325 g/mol. The molecule has 1 aromatic heterocycles. The summed E-state index contributed by atoms with van der Waals surface area (Å²) in [5, 5.41) is 13.3. The topological polar surface area (TPSA) is 64.3 Å². The summed E-state index contributed by atoms with van der Waals surface area (Å²) in [6.45, 7) is 2.85. The summed E-state index contributed by atoms with van der Waals surface area (Å²) in [6, 6.07) is 5.00. The van der Waals surface area contributed by atoms with Gasteiger partial charge in [-0.3, -0.25) is 4.68 Å². The van der Waals surface area contributed by atoms with E-state index in [1.165, 1.54) is 0 Å². The van der Waals surface area contributed by atoms with E-state index in [1.807, 2.05) is 0 Å². The molecule has 0 fully saturated rings. The molecule has 0 atom stereocenters. The smallest absolute Gasteiger partial charge is 0.340 e. The molecule has 100 valence electrons. The normalized spacial score (nSPS) is 10.4. The van der Waals surface area contributed by atoms with Crippen molar-refractivity contribution in [2.24, 2.45) is 0 Å². The lowest BCUT2D eigenvalue weighted by Crippen LogP contribution is -2.01. The van der Waals surface area contributed by atoms with Crippen LogP contribution in [0, 0.1) is 0 Å². The van der Waals surface area contributed by atoms with Crippen molar-refractivity contribution in [1.29, 1.82) is 0 Å².